The molecule has 3 aliphatic heterocycles. The second kappa shape index (κ2) is 9.14. The van der Waals surface area contributed by atoms with Crippen LogP contribution in [0.15, 0.2) is 12.7 Å². The lowest BCUT2D eigenvalue weighted by atomic mass is 9.62. The van der Waals surface area contributed by atoms with Gasteiger partial charge in [-0.05, 0) is 39.5 Å². The molecule has 2 bridgehead atoms. The van der Waals surface area contributed by atoms with Crippen LogP contribution in [0.2, 0.25) is 0 Å². The normalized spacial score (nSPS) is 36.2. The summed E-state index contributed by atoms with van der Waals surface area (Å²) in [4.78, 5) is 43.9. The van der Waals surface area contributed by atoms with Crippen LogP contribution in [0.4, 0.5) is 0 Å². The summed E-state index contributed by atoms with van der Waals surface area (Å²) in [7, 11) is 0. The molecule has 1 spiro atoms. The van der Waals surface area contributed by atoms with Crippen LogP contribution in [0.1, 0.15) is 53.9 Å². The highest BCUT2D eigenvalue weighted by molar-refractivity contribution is 5.98. The standard InChI is InChI=1S/C24H38N2O6/c1-7-10-16(5)25(11-8-2)21(29)19-24-14-15(4)23(6,32-24)18(22(30)31-9-3)17(24)20(28)26(19)12-13-27/h8,15-19,27H,2,7,9-14H2,1,3-6H3/t15?,16?,17-,18+,19?,23-,24?/m0/s1. The van der Waals surface area contributed by atoms with E-state index >= 15 is 0 Å². The third-order valence-corrected chi connectivity index (χ3v) is 7.78. The third-order valence-electron chi connectivity index (χ3n) is 7.78. The molecule has 3 rings (SSSR count). The van der Waals surface area contributed by atoms with Gasteiger partial charge in [0.05, 0.1) is 24.7 Å². The number of hydrogen-bond donors (Lipinski definition) is 1. The van der Waals surface area contributed by atoms with Crippen molar-refractivity contribution in [2.75, 3.05) is 26.3 Å². The second-order valence-corrected chi connectivity index (χ2v) is 9.63. The lowest BCUT2D eigenvalue weighted by Gasteiger charge is -2.39. The van der Waals surface area contributed by atoms with Crippen LogP contribution < -0.4 is 0 Å². The number of β-amino-alcohol motifs (C(OH)–C–C–N with tert-alkyl or cyclic N) is 1. The molecule has 1 N–H and O–H groups in total. The van der Waals surface area contributed by atoms with Crippen LogP contribution in [0, 0.1) is 17.8 Å². The van der Waals surface area contributed by atoms with E-state index in [0.29, 0.717) is 13.0 Å². The summed E-state index contributed by atoms with van der Waals surface area (Å²) >= 11 is 0. The zero-order valence-corrected chi connectivity index (χ0v) is 20.0. The van der Waals surface area contributed by atoms with Crippen LogP contribution in [0.3, 0.4) is 0 Å². The Morgan fingerprint density at radius 1 is 1.44 bits per heavy atom. The highest BCUT2D eigenvalue weighted by Crippen LogP contribution is 2.65. The molecule has 0 aromatic rings. The van der Waals surface area contributed by atoms with E-state index in [1.54, 1.807) is 17.9 Å². The molecule has 3 fully saturated rings. The first-order valence-electron chi connectivity index (χ1n) is 11.8. The molecule has 3 heterocycles. The van der Waals surface area contributed by atoms with E-state index in [2.05, 4.69) is 13.5 Å². The lowest BCUT2D eigenvalue weighted by Crippen LogP contribution is -2.58. The van der Waals surface area contributed by atoms with E-state index in [9.17, 15) is 19.5 Å². The number of hydrogen-bond acceptors (Lipinski definition) is 6. The van der Waals surface area contributed by atoms with Crippen molar-refractivity contribution in [3.8, 4) is 0 Å². The number of carbonyl (C=O) groups is 3. The largest absolute Gasteiger partial charge is 0.466 e. The molecular formula is C24H38N2O6. The molecule has 3 saturated heterocycles. The zero-order chi connectivity index (χ0) is 23.8. The number of aliphatic hydroxyl groups excluding tert-OH is 1. The van der Waals surface area contributed by atoms with Gasteiger partial charge < -0.3 is 24.4 Å². The Kier molecular flexibility index (Phi) is 7.05. The van der Waals surface area contributed by atoms with Gasteiger partial charge in [0.1, 0.15) is 17.6 Å². The lowest BCUT2D eigenvalue weighted by molar-refractivity contribution is -0.162. The van der Waals surface area contributed by atoms with E-state index in [0.717, 1.165) is 12.8 Å². The summed E-state index contributed by atoms with van der Waals surface area (Å²) in [6, 6.07) is -0.936. The Balaban J connectivity index is 2.09. The number of fused-ring (bicyclic) bond motifs is 1. The average molecular weight is 451 g/mol. The van der Waals surface area contributed by atoms with Crippen molar-refractivity contribution in [2.45, 2.75) is 77.2 Å². The molecule has 0 saturated carbocycles. The van der Waals surface area contributed by atoms with Gasteiger partial charge in [0.15, 0.2) is 0 Å². The fraction of sp³-hybridized carbons (Fsp3) is 0.792. The van der Waals surface area contributed by atoms with Gasteiger partial charge in [-0.1, -0.05) is 26.3 Å². The van der Waals surface area contributed by atoms with Crippen molar-refractivity contribution < 1.29 is 29.0 Å². The summed E-state index contributed by atoms with van der Waals surface area (Å²) in [5.74, 6) is -2.59. The monoisotopic (exact) mass is 450 g/mol. The van der Waals surface area contributed by atoms with E-state index in [-0.39, 0.29) is 43.5 Å². The summed E-state index contributed by atoms with van der Waals surface area (Å²) in [6.07, 6.45) is 3.91. The minimum Gasteiger partial charge on any atom is -0.466 e. The van der Waals surface area contributed by atoms with E-state index in [1.165, 1.54) is 4.90 Å². The molecule has 0 aromatic heterocycles. The Labute approximate surface area is 190 Å². The quantitative estimate of drug-likeness (QED) is 0.402. The van der Waals surface area contributed by atoms with Crippen LogP contribution in [-0.2, 0) is 23.9 Å². The smallest absolute Gasteiger partial charge is 0.312 e. The van der Waals surface area contributed by atoms with Crippen LogP contribution in [-0.4, -0.2) is 82.3 Å². The van der Waals surface area contributed by atoms with Crippen molar-refractivity contribution in [3.05, 3.63) is 12.7 Å². The van der Waals surface area contributed by atoms with Crippen molar-refractivity contribution in [1.29, 1.82) is 0 Å². The molecule has 0 aromatic carbocycles. The first-order chi connectivity index (χ1) is 15.1. The van der Waals surface area contributed by atoms with Gasteiger partial charge >= 0.3 is 5.97 Å². The maximum Gasteiger partial charge on any atom is 0.312 e. The van der Waals surface area contributed by atoms with Gasteiger partial charge in [0.25, 0.3) is 0 Å². The van der Waals surface area contributed by atoms with Gasteiger partial charge in [-0.15, -0.1) is 6.58 Å². The predicted molar refractivity (Wildman–Crippen MR) is 118 cm³/mol. The van der Waals surface area contributed by atoms with Crippen molar-refractivity contribution in [2.24, 2.45) is 17.8 Å². The van der Waals surface area contributed by atoms with Gasteiger partial charge in [0.2, 0.25) is 11.8 Å². The fourth-order valence-electron chi connectivity index (χ4n) is 6.31. The molecule has 0 aliphatic carbocycles. The zero-order valence-electron chi connectivity index (χ0n) is 20.0. The minimum atomic E-state index is -1.11. The first-order valence-corrected chi connectivity index (χ1v) is 11.8. The Morgan fingerprint density at radius 2 is 2.12 bits per heavy atom. The van der Waals surface area contributed by atoms with Crippen molar-refractivity contribution >= 4 is 17.8 Å². The Hall–Kier alpha value is -1.93. The number of ether oxygens (including phenoxy) is 2. The predicted octanol–water partition coefficient (Wildman–Crippen LogP) is 1.76. The van der Waals surface area contributed by atoms with E-state index in [4.69, 9.17) is 9.47 Å². The molecule has 2 amide bonds. The molecule has 8 nitrogen and oxygen atoms in total. The van der Waals surface area contributed by atoms with Gasteiger partial charge in [-0.3, -0.25) is 14.4 Å². The highest BCUT2D eigenvalue weighted by Gasteiger charge is 2.80. The maximum absolute atomic E-state index is 14.0. The molecular weight excluding hydrogens is 412 g/mol. The number of amides is 2. The molecule has 180 valence electrons. The maximum atomic E-state index is 14.0. The number of carbonyl (C=O) groups excluding carboxylic acids is 3. The first kappa shape index (κ1) is 24.7. The molecule has 32 heavy (non-hydrogen) atoms. The molecule has 8 heteroatoms. The van der Waals surface area contributed by atoms with Gasteiger partial charge in [0, 0.05) is 19.1 Å². The summed E-state index contributed by atoms with van der Waals surface area (Å²) < 4.78 is 11.9. The van der Waals surface area contributed by atoms with Crippen molar-refractivity contribution in [3.63, 3.8) is 0 Å². The Bertz CT molecular complexity index is 772. The van der Waals surface area contributed by atoms with Gasteiger partial charge in [-0.25, -0.2) is 0 Å². The van der Waals surface area contributed by atoms with E-state index in [1.807, 2.05) is 20.8 Å². The van der Waals surface area contributed by atoms with E-state index < -0.39 is 35.0 Å². The minimum absolute atomic E-state index is 0.0155. The number of nitrogens with zero attached hydrogens (tertiary/aromatic N) is 2. The summed E-state index contributed by atoms with van der Waals surface area (Å²) in [5.41, 5.74) is -1.99. The number of aliphatic hydroxyl groups is 1. The number of esters is 1. The van der Waals surface area contributed by atoms with Gasteiger partial charge in [-0.2, -0.15) is 0 Å². The topological polar surface area (TPSA) is 96.4 Å². The Morgan fingerprint density at radius 3 is 2.69 bits per heavy atom. The second-order valence-electron chi connectivity index (χ2n) is 9.63. The highest BCUT2D eigenvalue weighted by atomic mass is 16.6. The molecule has 0 radical (unpaired) electrons. The van der Waals surface area contributed by atoms with Crippen LogP contribution in [0.5, 0.6) is 0 Å². The summed E-state index contributed by atoms with van der Waals surface area (Å²) in [5, 5.41) is 9.70. The molecule has 4 unspecified atom stereocenters. The third kappa shape index (κ3) is 3.46. The number of likely N-dealkylation sites (tertiary alicyclic amines) is 1. The van der Waals surface area contributed by atoms with Crippen molar-refractivity contribution in [1.82, 2.24) is 9.80 Å². The molecule has 3 aliphatic rings. The molecule has 7 atom stereocenters. The SMILES string of the molecule is C=CCN(C(=O)C1N(CCO)C(=O)[C@@H]2[C@H](C(=O)OCC)[C@@]3(C)OC12CC3C)C(C)CCC. The summed E-state index contributed by atoms with van der Waals surface area (Å²) in [6.45, 7) is 13.8. The fourth-order valence-corrected chi connectivity index (χ4v) is 6.31. The van der Waals surface area contributed by atoms with Crippen LogP contribution in [0.25, 0.3) is 0 Å². The number of rotatable bonds is 10. The average Bonchev–Trinajstić information content (AvgIpc) is 3.24. The van der Waals surface area contributed by atoms with Crippen LogP contribution >= 0.6 is 0 Å².